The first-order chi connectivity index (χ1) is 3.89. The van der Waals surface area contributed by atoms with Gasteiger partial charge in [0, 0.05) is 18.6 Å². The minimum atomic E-state index is 0.329. The standard InChI is InChI=1S/C6H9OS/c7-6-2-1-4-8-5-3-6/h3H,1-2,4-5H2. The van der Waals surface area contributed by atoms with Crippen LogP contribution >= 0.6 is 11.8 Å². The Kier molecular flexibility index (Phi) is 2.40. The minimum Gasteiger partial charge on any atom is -0.299 e. The van der Waals surface area contributed by atoms with E-state index in [9.17, 15) is 4.79 Å². The zero-order valence-electron chi connectivity index (χ0n) is 4.72. The third-order valence-electron chi connectivity index (χ3n) is 1.14. The number of ketones is 1. The summed E-state index contributed by atoms with van der Waals surface area (Å²) >= 11 is 1.84. The van der Waals surface area contributed by atoms with Gasteiger partial charge in [-0.15, -0.1) is 0 Å². The molecule has 0 aliphatic carbocycles. The Bertz CT molecular complexity index is 80.5. The number of hydrogen-bond acceptors (Lipinski definition) is 2. The number of carbonyl (C=O) groups excluding carboxylic acids is 1. The molecule has 1 radical (unpaired) electrons. The zero-order valence-corrected chi connectivity index (χ0v) is 5.54. The van der Waals surface area contributed by atoms with E-state index in [2.05, 4.69) is 0 Å². The van der Waals surface area contributed by atoms with Crippen LogP contribution in [0.2, 0.25) is 0 Å². The summed E-state index contributed by atoms with van der Waals surface area (Å²) in [5, 5.41) is 0. The lowest BCUT2D eigenvalue weighted by molar-refractivity contribution is -0.115. The SMILES string of the molecule is O=C1[CH]CSCCC1. The number of rotatable bonds is 0. The maximum Gasteiger partial charge on any atom is 0.137 e. The summed E-state index contributed by atoms with van der Waals surface area (Å²) in [6.07, 6.45) is 3.63. The van der Waals surface area contributed by atoms with Gasteiger partial charge in [-0.1, -0.05) is 0 Å². The van der Waals surface area contributed by atoms with E-state index in [1.165, 1.54) is 0 Å². The molecule has 0 aromatic carbocycles. The molecule has 1 nitrogen and oxygen atoms in total. The molecule has 0 saturated carbocycles. The molecule has 0 N–H and O–H groups in total. The molecule has 1 fully saturated rings. The Morgan fingerprint density at radius 3 is 3.38 bits per heavy atom. The summed E-state index contributed by atoms with van der Waals surface area (Å²) in [6.45, 7) is 0. The fraction of sp³-hybridized carbons (Fsp3) is 0.667. The van der Waals surface area contributed by atoms with Gasteiger partial charge in [0.15, 0.2) is 0 Å². The molecule has 0 amide bonds. The van der Waals surface area contributed by atoms with Crippen molar-refractivity contribution in [3.63, 3.8) is 0 Å². The lowest BCUT2D eigenvalue weighted by atomic mass is 10.2. The molecule has 2 heteroatoms. The Morgan fingerprint density at radius 2 is 2.50 bits per heavy atom. The van der Waals surface area contributed by atoms with Crippen molar-refractivity contribution in [1.82, 2.24) is 0 Å². The van der Waals surface area contributed by atoms with Crippen LogP contribution in [0.1, 0.15) is 12.8 Å². The molecule has 0 aromatic heterocycles. The maximum absolute atomic E-state index is 10.6. The van der Waals surface area contributed by atoms with Crippen LogP contribution in [-0.2, 0) is 4.79 Å². The van der Waals surface area contributed by atoms with E-state index in [0.29, 0.717) is 5.78 Å². The van der Waals surface area contributed by atoms with Crippen molar-refractivity contribution in [3.05, 3.63) is 6.42 Å². The maximum atomic E-state index is 10.6. The second-order valence-electron chi connectivity index (χ2n) is 1.85. The van der Waals surface area contributed by atoms with Crippen molar-refractivity contribution in [3.8, 4) is 0 Å². The minimum absolute atomic E-state index is 0.329. The molecule has 0 atom stereocenters. The number of Topliss-reactive ketones (excluding diaryl/α,β-unsaturated/α-hetero) is 1. The fourth-order valence-corrected chi connectivity index (χ4v) is 1.50. The molecule has 0 unspecified atom stereocenters. The van der Waals surface area contributed by atoms with E-state index >= 15 is 0 Å². The van der Waals surface area contributed by atoms with Gasteiger partial charge in [0.1, 0.15) is 5.78 Å². The second kappa shape index (κ2) is 3.13. The van der Waals surface area contributed by atoms with E-state index in [0.717, 1.165) is 24.3 Å². The highest BCUT2D eigenvalue weighted by molar-refractivity contribution is 7.99. The van der Waals surface area contributed by atoms with Crippen LogP contribution in [-0.4, -0.2) is 17.3 Å². The number of carbonyl (C=O) groups is 1. The molecule has 0 aromatic rings. The third-order valence-corrected chi connectivity index (χ3v) is 2.12. The monoisotopic (exact) mass is 129 g/mol. The van der Waals surface area contributed by atoms with Crippen molar-refractivity contribution < 1.29 is 4.79 Å². The Balaban J connectivity index is 2.27. The van der Waals surface area contributed by atoms with Gasteiger partial charge in [-0.3, -0.25) is 4.79 Å². The van der Waals surface area contributed by atoms with Gasteiger partial charge >= 0.3 is 0 Å². The van der Waals surface area contributed by atoms with Crippen LogP contribution in [0.4, 0.5) is 0 Å². The van der Waals surface area contributed by atoms with Crippen molar-refractivity contribution in [2.45, 2.75) is 12.8 Å². The first-order valence-electron chi connectivity index (χ1n) is 2.83. The average molecular weight is 129 g/mol. The molecule has 1 aliphatic rings. The average Bonchev–Trinajstić information content (AvgIpc) is 1.94. The van der Waals surface area contributed by atoms with Crippen LogP contribution in [0, 0.1) is 6.42 Å². The van der Waals surface area contributed by atoms with Gasteiger partial charge in [0.2, 0.25) is 0 Å². The Hall–Kier alpha value is 0.0200. The topological polar surface area (TPSA) is 17.1 Å². The normalized spacial score (nSPS) is 22.8. The number of hydrogen-bond donors (Lipinski definition) is 0. The van der Waals surface area contributed by atoms with E-state index in [4.69, 9.17) is 0 Å². The molecule has 0 spiro atoms. The summed E-state index contributed by atoms with van der Waals surface area (Å²) in [7, 11) is 0. The van der Waals surface area contributed by atoms with Crippen LogP contribution in [0.5, 0.6) is 0 Å². The van der Waals surface area contributed by atoms with Crippen molar-refractivity contribution in [2.24, 2.45) is 0 Å². The van der Waals surface area contributed by atoms with E-state index in [1.54, 1.807) is 6.42 Å². The molecule has 1 heterocycles. The van der Waals surface area contributed by atoms with Gasteiger partial charge < -0.3 is 0 Å². The third kappa shape index (κ3) is 1.86. The predicted molar refractivity (Wildman–Crippen MR) is 35.9 cm³/mol. The highest BCUT2D eigenvalue weighted by atomic mass is 32.2. The van der Waals surface area contributed by atoms with Gasteiger partial charge in [-0.2, -0.15) is 11.8 Å². The first kappa shape index (κ1) is 6.14. The van der Waals surface area contributed by atoms with Gasteiger partial charge in [-0.25, -0.2) is 0 Å². The summed E-state index contributed by atoms with van der Waals surface area (Å²) < 4.78 is 0. The second-order valence-corrected chi connectivity index (χ2v) is 3.00. The summed E-state index contributed by atoms with van der Waals surface area (Å²) in [5.74, 6) is 2.41. The van der Waals surface area contributed by atoms with Crippen LogP contribution < -0.4 is 0 Å². The van der Waals surface area contributed by atoms with Gasteiger partial charge in [-0.05, 0) is 12.2 Å². The predicted octanol–water partition coefficient (Wildman–Crippen LogP) is 1.29. The Morgan fingerprint density at radius 1 is 1.62 bits per heavy atom. The van der Waals surface area contributed by atoms with Crippen LogP contribution in [0.3, 0.4) is 0 Å². The number of thioether (sulfide) groups is 1. The zero-order chi connectivity index (χ0) is 5.82. The first-order valence-corrected chi connectivity index (χ1v) is 3.99. The quantitative estimate of drug-likeness (QED) is 0.490. The highest BCUT2D eigenvalue weighted by Gasteiger charge is 2.05. The van der Waals surface area contributed by atoms with E-state index in [-0.39, 0.29) is 0 Å². The van der Waals surface area contributed by atoms with E-state index in [1.807, 2.05) is 11.8 Å². The van der Waals surface area contributed by atoms with Gasteiger partial charge in [0.25, 0.3) is 0 Å². The largest absolute Gasteiger partial charge is 0.299 e. The molecular weight excluding hydrogens is 120 g/mol. The van der Waals surface area contributed by atoms with Crippen LogP contribution in [0.25, 0.3) is 0 Å². The van der Waals surface area contributed by atoms with E-state index < -0.39 is 0 Å². The van der Waals surface area contributed by atoms with Crippen molar-refractivity contribution >= 4 is 17.5 Å². The van der Waals surface area contributed by atoms with Crippen LogP contribution in [0.15, 0.2) is 0 Å². The van der Waals surface area contributed by atoms with Crippen molar-refractivity contribution in [2.75, 3.05) is 11.5 Å². The molecule has 8 heavy (non-hydrogen) atoms. The summed E-state index contributed by atoms with van der Waals surface area (Å²) in [6, 6.07) is 0. The fourth-order valence-electron chi connectivity index (χ4n) is 0.686. The lowest BCUT2D eigenvalue weighted by Crippen LogP contribution is -1.95. The lowest BCUT2D eigenvalue weighted by Gasteiger charge is -1.85. The smallest absolute Gasteiger partial charge is 0.137 e. The summed E-state index contributed by atoms with van der Waals surface area (Å²) in [4.78, 5) is 10.6. The molecule has 1 saturated heterocycles. The molecular formula is C6H9OS. The Labute approximate surface area is 53.8 Å². The molecule has 1 aliphatic heterocycles. The summed E-state index contributed by atoms with van der Waals surface area (Å²) in [5.41, 5.74) is 0. The molecule has 1 rings (SSSR count). The van der Waals surface area contributed by atoms with Gasteiger partial charge in [0.05, 0.1) is 0 Å². The van der Waals surface area contributed by atoms with Crippen molar-refractivity contribution in [1.29, 1.82) is 0 Å². The molecule has 0 bridgehead atoms. The highest BCUT2D eigenvalue weighted by Crippen LogP contribution is 2.12. The molecule has 45 valence electrons.